The van der Waals surface area contributed by atoms with Crippen molar-refractivity contribution < 1.29 is 32.6 Å². The zero-order valence-corrected chi connectivity index (χ0v) is 15.4. The first-order chi connectivity index (χ1) is 13.3. The summed E-state index contributed by atoms with van der Waals surface area (Å²) in [6, 6.07) is 10.3. The summed E-state index contributed by atoms with van der Waals surface area (Å²) in [5, 5.41) is 2.66. The fraction of sp³-hybridized carbons (Fsp3) is 0.211. The van der Waals surface area contributed by atoms with Crippen molar-refractivity contribution in [1.29, 1.82) is 0 Å². The van der Waals surface area contributed by atoms with Crippen LogP contribution in [0.3, 0.4) is 0 Å². The summed E-state index contributed by atoms with van der Waals surface area (Å²) in [7, 11) is 0. The molecule has 148 valence electrons. The molecule has 0 spiro atoms. The molecule has 0 unspecified atom stereocenters. The van der Waals surface area contributed by atoms with Gasteiger partial charge in [0.1, 0.15) is 11.8 Å². The highest BCUT2D eigenvalue weighted by atomic mass is 35.5. The molecule has 0 heterocycles. The lowest BCUT2D eigenvalue weighted by molar-refractivity contribution is -0.144. The summed E-state index contributed by atoms with van der Waals surface area (Å²) in [4.78, 5) is 36.1. The van der Waals surface area contributed by atoms with E-state index in [2.05, 4.69) is 10.1 Å². The van der Waals surface area contributed by atoms with Crippen LogP contribution in [0.15, 0.2) is 48.5 Å². The SMILES string of the molecule is C[C@H](NC(=O)c1ccccc1Cl)C(=O)OCC(=O)c1ccc(OC(F)F)cc1. The normalized spacial score (nSPS) is 11.6. The first kappa shape index (κ1) is 21.3. The van der Waals surface area contributed by atoms with Crippen LogP contribution in [-0.4, -0.2) is 36.9 Å². The second-order valence-electron chi connectivity index (χ2n) is 5.61. The van der Waals surface area contributed by atoms with E-state index >= 15 is 0 Å². The number of benzene rings is 2. The van der Waals surface area contributed by atoms with E-state index in [1.54, 1.807) is 12.1 Å². The molecule has 0 radical (unpaired) electrons. The maximum atomic E-state index is 12.1. The van der Waals surface area contributed by atoms with Crippen molar-refractivity contribution in [2.45, 2.75) is 19.6 Å². The second kappa shape index (κ2) is 9.80. The third kappa shape index (κ3) is 6.02. The molecule has 0 aromatic heterocycles. The van der Waals surface area contributed by atoms with Crippen molar-refractivity contribution >= 4 is 29.3 Å². The van der Waals surface area contributed by atoms with Gasteiger partial charge in [0.2, 0.25) is 0 Å². The molecule has 28 heavy (non-hydrogen) atoms. The van der Waals surface area contributed by atoms with Crippen molar-refractivity contribution in [3.63, 3.8) is 0 Å². The maximum Gasteiger partial charge on any atom is 0.387 e. The number of carbonyl (C=O) groups is 3. The zero-order valence-electron chi connectivity index (χ0n) is 14.7. The minimum atomic E-state index is -2.97. The molecule has 0 saturated carbocycles. The van der Waals surface area contributed by atoms with Crippen molar-refractivity contribution in [2.75, 3.05) is 6.61 Å². The van der Waals surface area contributed by atoms with Crippen molar-refractivity contribution in [3.8, 4) is 5.75 Å². The quantitative estimate of drug-likeness (QED) is 0.531. The van der Waals surface area contributed by atoms with E-state index < -0.39 is 36.9 Å². The lowest BCUT2D eigenvalue weighted by atomic mass is 10.1. The lowest BCUT2D eigenvalue weighted by Crippen LogP contribution is -2.40. The van der Waals surface area contributed by atoms with Gasteiger partial charge in [0.05, 0.1) is 10.6 Å². The Kier molecular flexibility index (Phi) is 7.45. The number of ketones is 1. The molecule has 0 bridgehead atoms. The van der Waals surface area contributed by atoms with E-state index in [1.807, 2.05) is 0 Å². The molecule has 0 fully saturated rings. The molecule has 1 atom stereocenters. The molecular formula is C19H16ClF2NO5. The topological polar surface area (TPSA) is 81.7 Å². The van der Waals surface area contributed by atoms with Crippen LogP contribution in [0.5, 0.6) is 5.75 Å². The summed E-state index contributed by atoms with van der Waals surface area (Å²) in [5.74, 6) is -2.01. The fourth-order valence-electron chi connectivity index (χ4n) is 2.15. The molecule has 6 nitrogen and oxygen atoms in total. The number of nitrogens with one attached hydrogen (secondary N) is 1. The number of rotatable bonds is 8. The Bertz CT molecular complexity index is 858. The summed E-state index contributed by atoms with van der Waals surface area (Å²) >= 11 is 5.92. The summed E-state index contributed by atoms with van der Waals surface area (Å²) in [6.45, 7) is -2.14. The van der Waals surface area contributed by atoms with Crippen molar-refractivity contribution in [3.05, 3.63) is 64.7 Å². The van der Waals surface area contributed by atoms with Crippen molar-refractivity contribution in [1.82, 2.24) is 5.32 Å². The fourth-order valence-corrected chi connectivity index (χ4v) is 2.37. The first-order valence-electron chi connectivity index (χ1n) is 8.08. The summed E-state index contributed by atoms with van der Waals surface area (Å²) < 4.78 is 33.3. The highest BCUT2D eigenvalue weighted by Gasteiger charge is 2.20. The van der Waals surface area contributed by atoms with Gasteiger partial charge in [-0.2, -0.15) is 8.78 Å². The van der Waals surface area contributed by atoms with Crippen molar-refractivity contribution in [2.24, 2.45) is 0 Å². The number of carbonyl (C=O) groups excluding carboxylic acids is 3. The average Bonchev–Trinajstić information content (AvgIpc) is 2.66. The predicted octanol–water partition coefficient (Wildman–Crippen LogP) is 3.49. The maximum absolute atomic E-state index is 12.1. The van der Waals surface area contributed by atoms with Crippen LogP contribution in [-0.2, 0) is 9.53 Å². The molecule has 2 aromatic carbocycles. The van der Waals surface area contributed by atoms with Gasteiger partial charge in [-0.05, 0) is 43.3 Å². The number of hydrogen-bond acceptors (Lipinski definition) is 5. The summed E-state index contributed by atoms with van der Waals surface area (Å²) in [5.41, 5.74) is 0.355. The smallest absolute Gasteiger partial charge is 0.387 e. The highest BCUT2D eigenvalue weighted by molar-refractivity contribution is 6.33. The van der Waals surface area contributed by atoms with E-state index in [-0.39, 0.29) is 21.9 Å². The number of ether oxygens (including phenoxy) is 2. The minimum Gasteiger partial charge on any atom is -0.456 e. The van der Waals surface area contributed by atoms with E-state index in [0.29, 0.717) is 0 Å². The lowest BCUT2D eigenvalue weighted by Gasteiger charge is -2.14. The molecule has 0 aliphatic carbocycles. The molecule has 0 aliphatic rings. The van der Waals surface area contributed by atoms with Gasteiger partial charge in [0, 0.05) is 5.56 Å². The Morgan fingerprint density at radius 3 is 2.32 bits per heavy atom. The molecule has 9 heteroatoms. The highest BCUT2D eigenvalue weighted by Crippen LogP contribution is 2.16. The molecule has 1 amide bonds. The monoisotopic (exact) mass is 411 g/mol. The number of alkyl halides is 2. The zero-order chi connectivity index (χ0) is 20.7. The van der Waals surface area contributed by atoms with Crippen LogP contribution in [0, 0.1) is 0 Å². The Hall–Kier alpha value is -3.00. The number of esters is 1. The van der Waals surface area contributed by atoms with Gasteiger partial charge < -0.3 is 14.8 Å². The number of amides is 1. The van der Waals surface area contributed by atoms with Crippen LogP contribution in [0.1, 0.15) is 27.6 Å². The predicted molar refractivity (Wildman–Crippen MR) is 96.7 cm³/mol. The molecule has 0 saturated heterocycles. The van der Waals surface area contributed by atoms with Crippen LogP contribution in [0.25, 0.3) is 0 Å². The van der Waals surface area contributed by atoms with E-state index in [4.69, 9.17) is 16.3 Å². The molecule has 2 aromatic rings. The van der Waals surface area contributed by atoms with E-state index in [1.165, 1.54) is 43.3 Å². The molecular weight excluding hydrogens is 396 g/mol. The van der Waals surface area contributed by atoms with Gasteiger partial charge in [-0.15, -0.1) is 0 Å². The van der Waals surface area contributed by atoms with Gasteiger partial charge in [-0.25, -0.2) is 4.79 Å². The van der Waals surface area contributed by atoms with Gasteiger partial charge >= 0.3 is 12.6 Å². The Morgan fingerprint density at radius 1 is 1.07 bits per heavy atom. The third-order valence-corrected chi connectivity index (χ3v) is 3.90. The average molecular weight is 412 g/mol. The summed E-state index contributed by atoms with van der Waals surface area (Å²) in [6.07, 6.45) is 0. The molecule has 2 rings (SSSR count). The number of halogens is 3. The van der Waals surface area contributed by atoms with E-state index in [0.717, 1.165) is 0 Å². The van der Waals surface area contributed by atoms with E-state index in [9.17, 15) is 23.2 Å². The minimum absolute atomic E-state index is 0.0977. The molecule has 1 N–H and O–H groups in total. The van der Waals surface area contributed by atoms with Crippen LogP contribution in [0.2, 0.25) is 5.02 Å². The Labute approximate surface area is 164 Å². The number of hydrogen-bond donors (Lipinski definition) is 1. The van der Waals surface area contributed by atoms with Crippen LogP contribution < -0.4 is 10.1 Å². The van der Waals surface area contributed by atoms with Gasteiger partial charge in [-0.1, -0.05) is 23.7 Å². The number of Topliss-reactive ketones (excluding diaryl/α,β-unsaturated/α-hetero) is 1. The van der Waals surface area contributed by atoms with Gasteiger partial charge in [-0.3, -0.25) is 9.59 Å². The van der Waals surface area contributed by atoms with Gasteiger partial charge in [0.25, 0.3) is 5.91 Å². The Balaban J connectivity index is 1.86. The third-order valence-electron chi connectivity index (χ3n) is 3.57. The first-order valence-corrected chi connectivity index (χ1v) is 8.46. The standard InChI is InChI=1S/C19H16ClF2NO5/c1-11(23-17(25)14-4-2-3-5-15(14)20)18(26)27-10-16(24)12-6-8-13(9-7-12)28-19(21)22/h2-9,11,19H,10H2,1H3,(H,23,25)/t11-/m0/s1. The van der Waals surface area contributed by atoms with Gasteiger partial charge in [0.15, 0.2) is 12.4 Å². The Morgan fingerprint density at radius 2 is 1.71 bits per heavy atom. The second-order valence-corrected chi connectivity index (χ2v) is 6.02. The van der Waals surface area contributed by atoms with Crippen LogP contribution >= 0.6 is 11.6 Å². The largest absolute Gasteiger partial charge is 0.456 e. The van der Waals surface area contributed by atoms with Crippen LogP contribution in [0.4, 0.5) is 8.78 Å². The molecule has 0 aliphatic heterocycles.